The van der Waals surface area contributed by atoms with Crippen LogP contribution >= 0.6 is 0 Å². The van der Waals surface area contributed by atoms with Crippen molar-refractivity contribution in [3.05, 3.63) is 29.3 Å². The quantitative estimate of drug-likeness (QED) is 0.808. The molecule has 0 heterocycles. The van der Waals surface area contributed by atoms with Crippen molar-refractivity contribution < 1.29 is 4.74 Å². The molecule has 102 valence electrons. The smallest absolute Gasteiger partial charge is 0.0637 e. The van der Waals surface area contributed by atoms with E-state index in [1.165, 1.54) is 16.8 Å². The molecule has 0 aliphatic rings. The average molecular weight is 250 g/mol. The molecule has 1 aromatic carbocycles. The van der Waals surface area contributed by atoms with Gasteiger partial charge in [-0.3, -0.25) is 0 Å². The zero-order chi connectivity index (χ0) is 13.5. The van der Waals surface area contributed by atoms with Gasteiger partial charge in [-0.15, -0.1) is 0 Å². The number of nitrogens with zero attached hydrogens (tertiary/aromatic N) is 1. The molecule has 2 N–H and O–H groups in total. The molecule has 0 aromatic heterocycles. The number of nitrogens with two attached hydrogens (primary N) is 1. The standard InChI is InChI=1S/C15H26N2O/c1-12(2)11-17(7-8-18-4)15-9-13(3)5-6-14(15)10-16/h5-6,9,12H,7-8,10-11,16H2,1-4H3. The Morgan fingerprint density at radius 1 is 1.33 bits per heavy atom. The summed E-state index contributed by atoms with van der Waals surface area (Å²) in [6, 6.07) is 6.47. The summed E-state index contributed by atoms with van der Waals surface area (Å²) < 4.78 is 5.21. The molecule has 3 nitrogen and oxygen atoms in total. The highest BCUT2D eigenvalue weighted by Crippen LogP contribution is 2.23. The summed E-state index contributed by atoms with van der Waals surface area (Å²) in [5.41, 5.74) is 9.57. The van der Waals surface area contributed by atoms with Gasteiger partial charge in [0.15, 0.2) is 0 Å². The van der Waals surface area contributed by atoms with Crippen LogP contribution in [0.3, 0.4) is 0 Å². The van der Waals surface area contributed by atoms with Gasteiger partial charge < -0.3 is 15.4 Å². The average Bonchev–Trinajstić information content (AvgIpc) is 2.34. The lowest BCUT2D eigenvalue weighted by Gasteiger charge is -2.28. The van der Waals surface area contributed by atoms with Gasteiger partial charge in [0.05, 0.1) is 6.61 Å². The summed E-state index contributed by atoms with van der Waals surface area (Å²) in [7, 11) is 1.74. The Balaban J connectivity index is 2.98. The fourth-order valence-corrected chi connectivity index (χ4v) is 2.09. The van der Waals surface area contributed by atoms with Crippen molar-refractivity contribution >= 4 is 5.69 Å². The van der Waals surface area contributed by atoms with Gasteiger partial charge >= 0.3 is 0 Å². The Hall–Kier alpha value is -1.06. The monoisotopic (exact) mass is 250 g/mol. The van der Waals surface area contributed by atoms with Gasteiger partial charge in [0.1, 0.15) is 0 Å². The zero-order valence-electron chi connectivity index (χ0n) is 12.1. The van der Waals surface area contributed by atoms with Crippen molar-refractivity contribution in [2.24, 2.45) is 11.7 Å². The van der Waals surface area contributed by atoms with Crippen molar-refractivity contribution in [1.29, 1.82) is 0 Å². The molecule has 0 atom stereocenters. The zero-order valence-corrected chi connectivity index (χ0v) is 12.1. The summed E-state index contributed by atoms with van der Waals surface area (Å²) >= 11 is 0. The second kappa shape index (κ2) is 7.39. The molecule has 0 unspecified atom stereocenters. The minimum atomic E-state index is 0.581. The van der Waals surface area contributed by atoms with Gasteiger partial charge in [-0.2, -0.15) is 0 Å². The molecule has 1 aromatic rings. The first-order chi connectivity index (χ1) is 8.58. The van der Waals surface area contributed by atoms with Gasteiger partial charge in [0.25, 0.3) is 0 Å². The molecule has 0 radical (unpaired) electrons. The van der Waals surface area contributed by atoms with E-state index in [4.69, 9.17) is 10.5 Å². The van der Waals surface area contributed by atoms with Crippen molar-refractivity contribution in [2.75, 3.05) is 31.7 Å². The van der Waals surface area contributed by atoms with E-state index >= 15 is 0 Å². The molecular weight excluding hydrogens is 224 g/mol. The summed E-state index contributed by atoms with van der Waals surface area (Å²) in [5.74, 6) is 0.619. The molecule has 0 bridgehead atoms. The van der Waals surface area contributed by atoms with E-state index in [1.807, 2.05) is 0 Å². The van der Waals surface area contributed by atoms with E-state index in [0.717, 1.165) is 19.7 Å². The number of methoxy groups -OCH3 is 1. The first-order valence-electron chi connectivity index (χ1n) is 6.62. The van der Waals surface area contributed by atoms with Crippen LogP contribution < -0.4 is 10.6 Å². The van der Waals surface area contributed by atoms with Crippen molar-refractivity contribution in [3.8, 4) is 0 Å². The predicted molar refractivity (Wildman–Crippen MR) is 78.0 cm³/mol. The van der Waals surface area contributed by atoms with Crippen LogP contribution in [-0.2, 0) is 11.3 Å². The molecule has 0 aliphatic carbocycles. The van der Waals surface area contributed by atoms with Gasteiger partial charge in [0.2, 0.25) is 0 Å². The molecule has 1 rings (SSSR count). The van der Waals surface area contributed by atoms with Crippen LogP contribution in [0.25, 0.3) is 0 Å². The molecule has 18 heavy (non-hydrogen) atoms. The summed E-state index contributed by atoms with van der Waals surface area (Å²) in [4.78, 5) is 2.38. The largest absolute Gasteiger partial charge is 0.383 e. The van der Waals surface area contributed by atoms with Crippen LogP contribution in [0.2, 0.25) is 0 Å². The minimum absolute atomic E-state index is 0.581. The first-order valence-corrected chi connectivity index (χ1v) is 6.62. The maximum Gasteiger partial charge on any atom is 0.0637 e. The van der Waals surface area contributed by atoms with Gasteiger partial charge in [-0.1, -0.05) is 26.0 Å². The SMILES string of the molecule is COCCN(CC(C)C)c1cc(C)ccc1CN. The number of anilines is 1. The second-order valence-electron chi connectivity index (χ2n) is 5.17. The third kappa shape index (κ3) is 4.31. The number of rotatable bonds is 7. The van der Waals surface area contributed by atoms with Crippen molar-refractivity contribution in [3.63, 3.8) is 0 Å². The van der Waals surface area contributed by atoms with Crippen LogP contribution in [0.1, 0.15) is 25.0 Å². The van der Waals surface area contributed by atoms with Gasteiger partial charge in [-0.05, 0) is 30.0 Å². The topological polar surface area (TPSA) is 38.5 Å². The van der Waals surface area contributed by atoms with Crippen molar-refractivity contribution in [2.45, 2.75) is 27.3 Å². The Labute approximate surface area is 111 Å². The normalized spacial score (nSPS) is 11.0. The van der Waals surface area contributed by atoms with E-state index in [9.17, 15) is 0 Å². The highest BCUT2D eigenvalue weighted by atomic mass is 16.5. The van der Waals surface area contributed by atoms with E-state index in [2.05, 4.69) is 43.9 Å². The Bertz CT molecular complexity index is 364. The number of hydrogen-bond donors (Lipinski definition) is 1. The maximum atomic E-state index is 5.84. The lowest BCUT2D eigenvalue weighted by molar-refractivity contribution is 0.204. The fourth-order valence-electron chi connectivity index (χ4n) is 2.09. The number of aryl methyl sites for hydroxylation is 1. The fraction of sp³-hybridized carbons (Fsp3) is 0.600. The van der Waals surface area contributed by atoms with Gasteiger partial charge in [-0.25, -0.2) is 0 Å². The second-order valence-corrected chi connectivity index (χ2v) is 5.17. The van der Waals surface area contributed by atoms with E-state index in [1.54, 1.807) is 7.11 Å². The molecule has 0 amide bonds. The highest BCUT2D eigenvalue weighted by Gasteiger charge is 2.12. The molecule has 0 aliphatic heterocycles. The third-order valence-electron chi connectivity index (χ3n) is 2.95. The molecule has 0 saturated carbocycles. The molecule has 3 heteroatoms. The molecule has 0 spiro atoms. The number of hydrogen-bond acceptors (Lipinski definition) is 3. The van der Waals surface area contributed by atoms with E-state index < -0.39 is 0 Å². The highest BCUT2D eigenvalue weighted by molar-refractivity contribution is 5.55. The van der Waals surface area contributed by atoms with Crippen LogP contribution in [0.4, 0.5) is 5.69 Å². The molecule has 0 fully saturated rings. The first kappa shape index (κ1) is 15.0. The molecule has 0 saturated heterocycles. The Kier molecular flexibility index (Phi) is 6.16. The lowest BCUT2D eigenvalue weighted by Crippen LogP contribution is -2.32. The number of benzene rings is 1. The molecular formula is C15H26N2O. The lowest BCUT2D eigenvalue weighted by atomic mass is 10.1. The van der Waals surface area contributed by atoms with Crippen LogP contribution in [0.5, 0.6) is 0 Å². The minimum Gasteiger partial charge on any atom is -0.383 e. The Morgan fingerprint density at radius 2 is 2.06 bits per heavy atom. The van der Waals surface area contributed by atoms with Crippen LogP contribution in [-0.4, -0.2) is 26.8 Å². The third-order valence-corrected chi connectivity index (χ3v) is 2.95. The summed E-state index contributed by atoms with van der Waals surface area (Å²) in [6.45, 7) is 9.84. The van der Waals surface area contributed by atoms with Crippen LogP contribution in [0, 0.1) is 12.8 Å². The predicted octanol–water partition coefficient (Wildman–Crippen LogP) is 2.56. The van der Waals surface area contributed by atoms with E-state index in [-0.39, 0.29) is 0 Å². The maximum absolute atomic E-state index is 5.84. The van der Waals surface area contributed by atoms with E-state index in [0.29, 0.717) is 12.5 Å². The number of ether oxygens (including phenoxy) is 1. The van der Waals surface area contributed by atoms with Crippen LogP contribution in [0.15, 0.2) is 18.2 Å². The Morgan fingerprint density at radius 3 is 2.61 bits per heavy atom. The summed E-state index contributed by atoms with van der Waals surface area (Å²) in [5, 5.41) is 0. The van der Waals surface area contributed by atoms with Crippen molar-refractivity contribution in [1.82, 2.24) is 0 Å². The van der Waals surface area contributed by atoms with Gasteiger partial charge in [0, 0.05) is 32.4 Å². The summed E-state index contributed by atoms with van der Waals surface area (Å²) in [6.07, 6.45) is 0.